The Morgan fingerprint density at radius 3 is 2.16 bits per heavy atom. The van der Waals surface area contributed by atoms with Crippen LogP contribution in [0.3, 0.4) is 0 Å². The maximum Gasteiger partial charge on any atom is 0.0625 e. The third-order valence-electron chi connectivity index (χ3n) is 3.27. The molecule has 1 atom stereocenters. The van der Waals surface area contributed by atoms with Crippen molar-refractivity contribution in [3.8, 4) is 0 Å². The summed E-state index contributed by atoms with van der Waals surface area (Å²) in [6.45, 7) is 4.39. The van der Waals surface area contributed by atoms with E-state index in [-0.39, 0.29) is 5.38 Å². The lowest BCUT2D eigenvalue weighted by molar-refractivity contribution is 0.860. The summed E-state index contributed by atoms with van der Waals surface area (Å²) in [5.74, 6) is 0.552. The summed E-state index contributed by atoms with van der Waals surface area (Å²) in [5, 5.41) is 0.746. The maximum atomic E-state index is 6.48. The summed E-state index contributed by atoms with van der Waals surface area (Å²) in [5.41, 5.74) is 3.67. The van der Waals surface area contributed by atoms with Crippen LogP contribution in [0.2, 0.25) is 5.02 Å². The molecule has 19 heavy (non-hydrogen) atoms. The van der Waals surface area contributed by atoms with Crippen LogP contribution in [0.15, 0.2) is 48.5 Å². The van der Waals surface area contributed by atoms with E-state index in [0.29, 0.717) is 5.92 Å². The second kappa shape index (κ2) is 6.45. The quantitative estimate of drug-likeness (QED) is 0.608. The van der Waals surface area contributed by atoms with Gasteiger partial charge in [-0.05, 0) is 41.2 Å². The smallest absolute Gasteiger partial charge is 0.0625 e. The van der Waals surface area contributed by atoms with Gasteiger partial charge in [0.2, 0.25) is 0 Å². The van der Waals surface area contributed by atoms with E-state index in [4.69, 9.17) is 23.2 Å². The van der Waals surface area contributed by atoms with Gasteiger partial charge in [0, 0.05) is 5.02 Å². The second-order valence-electron chi connectivity index (χ2n) is 5.12. The van der Waals surface area contributed by atoms with Gasteiger partial charge in [0.05, 0.1) is 5.38 Å². The van der Waals surface area contributed by atoms with E-state index in [0.717, 1.165) is 17.0 Å². The van der Waals surface area contributed by atoms with Crippen LogP contribution in [0.25, 0.3) is 0 Å². The van der Waals surface area contributed by atoms with Crippen molar-refractivity contribution in [3.05, 3.63) is 70.2 Å². The Bertz CT molecular complexity index is 529. The van der Waals surface area contributed by atoms with Crippen molar-refractivity contribution in [1.29, 1.82) is 0 Å². The number of halogens is 2. The summed E-state index contributed by atoms with van der Waals surface area (Å²) in [6, 6.07) is 16.4. The zero-order chi connectivity index (χ0) is 13.8. The van der Waals surface area contributed by atoms with Crippen molar-refractivity contribution >= 4 is 23.2 Å². The van der Waals surface area contributed by atoms with Gasteiger partial charge >= 0.3 is 0 Å². The number of alkyl halides is 1. The highest BCUT2D eigenvalue weighted by Gasteiger charge is 2.09. The van der Waals surface area contributed by atoms with Gasteiger partial charge in [0.1, 0.15) is 0 Å². The number of hydrogen-bond acceptors (Lipinski definition) is 0. The highest BCUT2D eigenvalue weighted by molar-refractivity contribution is 6.30. The van der Waals surface area contributed by atoms with Crippen LogP contribution in [-0.2, 0) is 6.42 Å². The van der Waals surface area contributed by atoms with E-state index < -0.39 is 0 Å². The summed E-state index contributed by atoms with van der Waals surface area (Å²) in [4.78, 5) is 0. The predicted molar refractivity (Wildman–Crippen MR) is 84.3 cm³/mol. The van der Waals surface area contributed by atoms with Crippen molar-refractivity contribution in [2.45, 2.75) is 31.6 Å². The molecule has 0 spiro atoms. The first-order valence-corrected chi connectivity index (χ1v) is 7.36. The summed E-state index contributed by atoms with van der Waals surface area (Å²) >= 11 is 12.5. The van der Waals surface area contributed by atoms with Gasteiger partial charge in [-0.3, -0.25) is 0 Å². The zero-order valence-electron chi connectivity index (χ0n) is 11.2. The molecule has 2 heteroatoms. The fourth-order valence-corrected chi connectivity index (χ4v) is 2.61. The number of rotatable bonds is 4. The largest absolute Gasteiger partial charge is 0.117 e. The van der Waals surface area contributed by atoms with Crippen LogP contribution < -0.4 is 0 Å². The number of hydrogen-bond donors (Lipinski definition) is 0. The van der Waals surface area contributed by atoms with E-state index in [9.17, 15) is 0 Å². The second-order valence-corrected chi connectivity index (χ2v) is 6.09. The van der Waals surface area contributed by atoms with Crippen LogP contribution in [-0.4, -0.2) is 0 Å². The minimum absolute atomic E-state index is 0.0142. The summed E-state index contributed by atoms with van der Waals surface area (Å²) < 4.78 is 0. The van der Waals surface area contributed by atoms with Crippen molar-refractivity contribution in [3.63, 3.8) is 0 Å². The molecule has 1 unspecified atom stereocenters. The molecular weight excluding hydrogens is 275 g/mol. The molecule has 100 valence electrons. The molecule has 0 N–H and O–H groups in total. The fraction of sp³-hybridized carbons (Fsp3) is 0.294. The molecule has 0 nitrogen and oxygen atoms in total. The molecule has 0 aliphatic rings. The van der Waals surface area contributed by atoms with Gasteiger partial charge in [-0.15, -0.1) is 11.6 Å². The lowest BCUT2D eigenvalue weighted by atomic mass is 9.99. The molecule has 0 radical (unpaired) electrons. The Hall–Kier alpha value is -0.980. The highest BCUT2D eigenvalue weighted by Crippen LogP contribution is 2.27. The minimum atomic E-state index is -0.0142. The predicted octanol–water partition coefficient (Wildman–Crippen LogP) is 5.99. The van der Waals surface area contributed by atoms with E-state index in [1.165, 1.54) is 11.1 Å². The first-order chi connectivity index (χ1) is 9.06. The van der Waals surface area contributed by atoms with Crippen molar-refractivity contribution < 1.29 is 0 Å². The molecule has 0 amide bonds. The van der Waals surface area contributed by atoms with Gasteiger partial charge in [-0.2, -0.15) is 0 Å². The van der Waals surface area contributed by atoms with Crippen LogP contribution in [0.4, 0.5) is 0 Å². The molecule has 0 aliphatic heterocycles. The Morgan fingerprint density at radius 1 is 0.947 bits per heavy atom. The number of benzene rings is 2. The third-order valence-corrected chi connectivity index (χ3v) is 3.91. The lowest BCUT2D eigenvalue weighted by Crippen LogP contribution is -1.97. The molecule has 2 aromatic carbocycles. The minimum Gasteiger partial charge on any atom is -0.117 e. The monoisotopic (exact) mass is 292 g/mol. The van der Waals surface area contributed by atoms with E-state index in [2.05, 4.69) is 44.2 Å². The normalized spacial score (nSPS) is 12.7. The average molecular weight is 293 g/mol. The Morgan fingerprint density at radius 2 is 1.58 bits per heavy atom. The van der Waals surface area contributed by atoms with E-state index in [1.54, 1.807) is 0 Å². The Balaban J connectivity index is 2.09. The molecular formula is C17H18Cl2. The van der Waals surface area contributed by atoms with Gasteiger partial charge < -0.3 is 0 Å². The van der Waals surface area contributed by atoms with Crippen LogP contribution >= 0.6 is 23.2 Å². The van der Waals surface area contributed by atoms with Crippen molar-refractivity contribution in [2.75, 3.05) is 0 Å². The molecule has 0 fully saturated rings. The molecule has 0 saturated heterocycles. The molecule has 0 bridgehead atoms. The molecule has 2 aromatic rings. The molecule has 0 saturated carbocycles. The third kappa shape index (κ3) is 3.99. The standard InChI is InChI=1S/C17H18Cl2/c1-12(2)14-6-8-15(9-7-14)17(19)11-13-4-3-5-16(18)10-13/h3-10,12,17H,11H2,1-2H3. The van der Waals surface area contributed by atoms with Crippen LogP contribution in [0.5, 0.6) is 0 Å². The highest BCUT2D eigenvalue weighted by atomic mass is 35.5. The molecule has 0 aliphatic carbocycles. The molecule has 2 rings (SSSR count). The SMILES string of the molecule is CC(C)c1ccc(C(Cl)Cc2cccc(Cl)c2)cc1. The Labute approximate surface area is 125 Å². The lowest BCUT2D eigenvalue weighted by Gasteiger charge is -2.12. The zero-order valence-corrected chi connectivity index (χ0v) is 12.7. The topological polar surface area (TPSA) is 0 Å². The van der Waals surface area contributed by atoms with E-state index in [1.807, 2.05) is 18.2 Å². The first-order valence-electron chi connectivity index (χ1n) is 6.54. The first kappa shape index (κ1) is 14.4. The molecule has 0 aromatic heterocycles. The molecule has 0 heterocycles. The van der Waals surface area contributed by atoms with Crippen LogP contribution in [0.1, 0.15) is 41.8 Å². The van der Waals surface area contributed by atoms with Gasteiger partial charge in [-0.25, -0.2) is 0 Å². The van der Waals surface area contributed by atoms with E-state index >= 15 is 0 Å². The van der Waals surface area contributed by atoms with Gasteiger partial charge in [0.15, 0.2) is 0 Å². The van der Waals surface area contributed by atoms with Gasteiger partial charge in [-0.1, -0.05) is 61.8 Å². The maximum absolute atomic E-state index is 6.48. The summed E-state index contributed by atoms with van der Waals surface area (Å²) in [6.07, 6.45) is 0.795. The Kier molecular flexibility index (Phi) is 4.90. The fourth-order valence-electron chi connectivity index (χ4n) is 2.08. The van der Waals surface area contributed by atoms with Crippen molar-refractivity contribution in [1.82, 2.24) is 0 Å². The van der Waals surface area contributed by atoms with Gasteiger partial charge in [0.25, 0.3) is 0 Å². The van der Waals surface area contributed by atoms with Crippen molar-refractivity contribution in [2.24, 2.45) is 0 Å². The average Bonchev–Trinajstić information content (AvgIpc) is 2.39. The summed E-state index contributed by atoms with van der Waals surface area (Å²) in [7, 11) is 0. The van der Waals surface area contributed by atoms with Crippen LogP contribution in [0, 0.1) is 0 Å².